The van der Waals surface area contributed by atoms with Crippen molar-refractivity contribution in [3.05, 3.63) is 64.5 Å². The van der Waals surface area contributed by atoms with Crippen LogP contribution in [-0.2, 0) is 0 Å². The molecule has 1 aromatic heterocycles. The van der Waals surface area contributed by atoms with Crippen molar-refractivity contribution in [3.63, 3.8) is 0 Å². The van der Waals surface area contributed by atoms with Gasteiger partial charge >= 0.3 is 0 Å². The predicted molar refractivity (Wildman–Crippen MR) is 105 cm³/mol. The number of pyridine rings is 1. The van der Waals surface area contributed by atoms with Crippen molar-refractivity contribution < 1.29 is 23.5 Å². The fraction of sp³-hybridized carbons (Fsp3) is 0.409. The van der Waals surface area contributed by atoms with E-state index in [1.807, 2.05) is 19.1 Å². The highest BCUT2D eigenvalue weighted by molar-refractivity contribution is 5.99. The Hall–Kier alpha value is -2.87. The van der Waals surface area contributed by atoms with E-state index >= 15 is 0 Å². The van der Waals surface area contributed by atoms with E-state index < -0.39 is 23.8 Å². The number of aryl methyl sites for hydroxylation is 1. The number of hydrogen-bond acceptors (Lipinski definition) is 4. The molecular weight excluding hydrogens is 392 g/mol. The minimum Gasteiger partial charge on any atom is -0.382 e. The number of amides is 2. The Morgan fingerprint density at radius 2 is 1.83 bits per heavy atom. The molecule has 0 aliphatic heterocycles. The summed E-state index contributed by atoms with van der Waals surface area (Å²) in [5.74, 6) is -4.03. The molecule has 0 spiro atoms. The summed E-state index contributed by atoms with van der Waals surface area (Å²) in [6, 6.07) is 9.72. The number of aliphatic hydroxyl groups excluding tert-OH is 1. The summed E-state index contributed by atoms with van der Waals surface area (Å²) < 4.78 is 26.8. The SMILES string of the molecule is CNC(=O)c1cc(C(=O)N[C@H]2[C@@H]3CC(F)(F)C[C@@H]32)cc(C(O)c2ccccc2C)n1. The van der Waals surface area contributed by atoms with Gasteiger partial charge in [0.15, 0.2) is 0 Å². The third-order valence-corrected chi connectivity index (χ3v) is 6.03. The second-order valence-corrected chi connectivity index (χ2v) is 8.10. The monoisotopic (exact) mass is 415 g/mol. The average molecular weight is 415 g/mol. The molecule has 2 aliphatic carbocycles. The highest BCUT2D eigenvalue weighted by Crippen LogP contribution is 2.58. The Morgan fingerprint density at radius 1 is 1.17 bits per heavy atom. The summed E-state index contributed by atoms with van der Waals surface area (Å²) in [5.41, 5.74) is 1.77. The summed E-state index contributed by atoms with van der Waals surface area (Å²) in [6.45, 7) is 1.84. The number of hydrogen-bond donors (Lipinski definition) is 3. The van der Waals surface area contributed by atoms with E-state index in [1.165, 1.54) is 19.2 Å². The van der Waals surface area contributed by atoms with Gasteiger partial charge in [-0.15, -0.1) is 0 Å². The molecule has 2 amide bonds. The van der Waals surface area contributed by atoms with E-state index in [0.29, 0.717) is 5.56 Å². The third kappa shape index (κ3) is 3.79. The molecule has 2 aliphatic rings. The molecule has 2 saturated carbocycles. The van der Waals surface area contributed by atoms with Crippen molar-refractivity contribution >= 4 is 11.8 Å². The normalized spacial score (nSPS) is 24.6. The zero-order valence-corrected chi connectivity index (χ0v) is 16.7. The molecule has 2 fully saturated rings. The summed E-state index contributed by atoms with van der Waals surface area (Å²) in [7, 11) is 1.44. The Bertz CT molecular complexity index is 997. The van der Waals surface area contributed by atoms with Crippen LogP contribution in [-0.4, -0.2) is 40.9 Å². The van der Waals surface area contributed by atoms with Crippen LogP contribution in [0.2, 0.25) is 0 Å². The number of benzene rings is 1. The van der Waals surface area contributed by atoms with Gasteiger partial charge in [0.2, 0.25) is 5.92 Å². The van der Waals surface area contributed by atoms with Gasteiger partial charge in [-0.3, -0.25) is 9.59 Å². The quantitative estimate of drug-likeness (QED) is 0.700. The lowest BCUT2D eigenvalue weighted by Gasteiger charge is -2.17. The molecule has 0 radical (unpaired) electrons. The first kappa shape index (κ1) is 20.4. The van der Waals surface area contributed by atoms with E-state index in [-0.39, 0.29) is 47.7 Å². The Kier molecular flexibility index (Phi) is 5.05. The summed E-state index contributed by atoms with van der Waals surface area (Å²) >= 11 is 0. The maximum atomic E-state index is 13.4. The average Bonchev–Trinajstić information content (AvgIpc) is 3.19. The molecule has 1 unspecified atom stereocenters. The van der Waals surface area contributed by atoms with Crippen LogP contribution in [0.4, 0.5) is 8.78 Å². The number of carbonyl (C=O) groups excluding carboxylic acids is 2. The molecule has 1 aromatic carbocycles. The third-order valence-electron chi connectivity index (χ3n) is 6.03. The van der Waals surface area contributed by atoms with Gasteiger partial charge in [0.1, 0.15) is 11.8 Å². The number of alkyl halides is 2. The molecule has 30 heavy (non-hydrogen) atoms. The molecule has 3 N–H and O–H groups in total. The molecule has 0 saturated heterocycles. The van der Waals surface area contributed by atoms with Gasteiger partial charge in [0.25, 0.3) is 11.8 Å². The molecule has 2 aromatic rings. The first-order valence-electron chi connectivity index (χ1n) is 9.86. The highest BCUT2D eigenvalue weighted by atomic mass is 19.3. The Morgan fingerprint density at radius 3 is 2.47 bits per heavy atom. The fourth-order valence-corrected chi connectivity index (χ4v) is 4.34. The molecule has 4 rings (SSSR count). The van der Waals surface area contributed by atoms with E-state index in [4.69, 9.17) is 0 Å². The molecule has 6 nitrogen and oxygen atoms in total. The van der Waals surface area contributed by atoms with Crippen LogP contribution in [0.15, 0.2) is 36.4 Å². The number of rotatable bonds is 5. The Labute approximate surface area is 172 Å². The minimum atomic E-state index is -2.65. The van der Waals surface area contributed by atoms with Crippen molar-refractivity contribution in [3.8, 4) is 0 Å². The smallest absolute Gasteiger partial charge is 0.269 e. The highest BCUT2D eigenvalue weighted by Gasteiger charge is 2.63. The maximum absolute atomic E-state index is 13.4. The first-order chi connectivity index (χ1) is 14.2. The largest absolute Gasteiger partial charge is 0.382 e. The zero-order chi connectivity index (χ0) is 21.6. The van der Waals surface area contributed by atoms with E-state index in [9.17, 15) is 23.5 Å². The number of halogens is 2. The fourth-order valence-electron chi connectivity index (χ4n) is 4.34. The number of nitrogens with zero attached hydrogens (tertiary/aromatic N) is 1. The van der Waals surface area contributed by atoms with Gasteiger partial charge in [-0.25, -0.2) is 13.8 Å². The van der Waals surface area contributed by atoms with Crippen molar-refractivity contribution in [2.75, 3.05) is 7.05 Å². The number of aromatic nitrogens is 1. The van der Waals surface area contributed by atoms with Gasteiger partial charge < -0.3 is 15.7 Å². The Balaban J connectivity index is 1.60. The van der Waals surface area contributed by atoms with Gasteiger partial charge in [0, 0.05) is 31.5 Å². The van der Waals surface area contributed by atoms with Crippen LogP contribution in [0.25, 0.3) is 0 Å². The standard InChI is InChI=1S/C22H23F2N3O3/c1-11-5-3-4-6-13(11)19(28)16-7-12(8-17(26-16)21(30)25-2)20(29)27-18-14-9-22(23,24)10-15(14)18/h3-8,14-15,18-19,28H,9-10H2,1-2H3,(H,25,30)(H,27,29)/t14-,15+,18+,19?. The second kappa shape index (κ2) is 7.43. The second-order valence-electron chi connectivity index (χ2n) is 8.10. The van der Waals surface area contributed by atoms with E-state index in [2.05, 4.69) is 15.6 Å². The van der Waals surface area contributed by atoms with Crippen LogP contribution in [0.3, 0.4) is 0 Å². The van der Waals surface area contributed by atoms with Crippen molar-refractivity contribution in [2.45, 2.75) is 37.8 Å². The molecule has 1 heterocycles. The van der Waals surface area contributed by atoms with Gasteiger partial charge in [-0.1, -0.05) is 24.3 Å². The molecule has 158 valence electrons. The minimum absolute atomic E-state index is 0.00434. The van der Waals surface area contributed by atoms with Crippen molar-refractivity contribution in [1.82, 2.24) is 15.6 Å². The molecule has 0 bridgehead atoms. The van der Waals surface area contributed by atoms with Crippen LogP contribution < -0.4 is 10.6 Å². The van der Waals surface area contributed by atoms with Gasteiger partial charge in [-0.05, 0) is 42.0 Å². The summed E-state index contributed by atoms with van der Waals surface area (Å²) in [4.78, 5) is 29.2. The topological polar surface area (TPSA) is 91.3 Å². The van der Waals surface area contributed by atoms with Crippen LogP contribution in [0.1, 0.15) is 56.6 Å². The van der Waals surface area contributed by atoms with Crippen LogP contribution in [0, 0.1) is 18.8 Å². The first-order valence-corrected chi connectivity index (χ1v) is 9.86. The van der Waals surface area contributed by atoms with Crippen LogP contribution in [0.5, 0.6) is 0 Å². The van der Waals surface area contributed by atoms with E-state index in [0.717, 1.165) is 5.56 Å². The van der Waals surface area contributed by atoms with Gasteiger partial charge in [-0.2, -0.15) is 0 Å². The van der Waals surface area contributed by atoms with Crippen molar-refractivity contribution in [2.24, 2.45) is 11.8 Å². The molecule has 4 atom stereocenters. The lowest BCUT2D eigenvalue weighted by Crippen LogP contribution is -2.32. The zero-order valence-electron chi connectivity index (χ0n) is 16.7. The number of aliphatic hydroxyl groups is 1. The lowest BCUT2D eigenvalue weighted by molar-refractivity contribution is -0.00623. The number of nitrogens with one attached hydrogen (secondary N) is 2. The van der Waals surface area contributed by atoms with Gasteiger partial charge in [0.05, 0.1) is 5.69 Å². The molecular formula is C22H23F2N3O3. The maximum Gasteiger partial charge on any atom is 0.269 e. The van der Waals surface area contributed by atoms with Crippen LogP contribution >= 0.6 is 0 Å². The van der Waals surface area contributed by atoms with E-state index in [1.54, 1.807) is 12.1 Å². The number of fused-ring (bicyclic) bond motifs is 1. The number of carbonyl (C=O) groups is 2. The van der Waals surface area contributed by atoms with Crippen molar-refractivity contribution in [1.29, 1.82) is 0 Å². The molecule has 8 heteroatoms. The predicted octanol–water partition coefficient (Wildman–Crippen LogP) is 2.60. The summed E-state index contributed by atoms with van der Waals surface area (Å²) in [5, 5.41) is 16.1. The lowest BCUT2D eigenvalue weighted by atomic mass is 9.99. The summed E-state index contributed by atoms with van der Waals surface area (Å²) in [6.07, 6.45) is -1.54.